The second-order valence-electron chi connectivity index (χ2n) is 7.40. The number of carbonyl (C=O) groups is 1. The maximum atomic E-state index is 13.4. The van der Waals surface area contributed by atoms with E-state index in [1.165, 1.54) is 12.1 Å². The van der Waals surface area contributed by atoms with Crippen LogP contribution < -0.4 is 10.6 Å². The number of anilines is 3. The van der Waals surface area contributed by atoms with Crippen molar-refractivity contribution in [3.63, 3.8) is 0 Å². The Kier molecular flexibility index (Phi) is 6.55. The first-order valence-electron chi connectivity index (χ1n) is 10.1. The predicted molar refractivity (Wildman–Crippen MR) is 113 cm³/mol. The molecule has 9 nitrogen and oxygen atoms in total. The number of carbonyl (C=O) groups excluding carboxylic acids is 1. The van der Waals surface area contributed by atoms with Crippen LogP contribution in [0, 0.1) is 18.6 Å². The van der Waals surface area contributed by atoms with Crippen LogP contribution in [-0.2, 0) is 22.6 Å². The number of aromatic nitrogens is 4. The summed E-state index contributed by atoms with van der Waals surface area (Å²) in [7, 11) is 0. The molecule has 1 saturated heterocycles. The minimum absolute atomic E-state index is 0.0187. The topological polar surface area (TPSA) is 97.2 Å². The van der Waals surface area contributed by atoms with Gasteiger partial charge in [0.15, 0.2) is 0 Å². The van der Waals surface area contributed by atoms with Crippen molar-refractivity contribution < 1.29 is 18.3 Å². The zero-order valence-corrected chi connectivity index (χ0v) is 17.5. The van der Waals surface area contributed by atoms with Crippen molar-refractivity contribution in [1.29, 1.82) is 0 Å². The highest BCUT2D eigenvalue weighted by Crippen LogP contribution is 2.18. The molecule has 1 aliphatic rings. The Morgan fingerprint density at radius 3 is 2.66 bits per heavy atom. The summed E-state index contributed by atoms with van der Waals surface area (Å²) in [6.07, 6.45) is 4.92. The predicted octanol–water partition coefficient (Wildman–Crippen LogP) is 2.47. The molecule has 1 aliphatic heterocycles. The molecule has 1 amide bonds. The van der Waals surface area contributed by atoms with Crippen molar-refractivity contribution >= 4 is 23.4 Å². The Morgan fingerprint density at radius 2 is 1.91 bits per heavy atom. The van der Waals surface area contributed by atoms with Gasteiger partial charge in [-0.3, -0.25) is 9.48 Å². The van der Waals surface area contributed by atoms with Crippen LogP contribution in [0.4, 0.5) is 26.2 Å². The van der Waals surface area contributed by atoms with E-state index in [4.69, 9.17) is 4.74 Å². The number of hydrogen-bond acceptors (Lipinski definition) is 7. The van der Waals surface area contributed by atoms with Gasteiger partial charge < -0.3 is 20.3 Å². The summed E-state index contributed by atoms with van der Waals surface area (Å²) in [6.45, 7) is 4.43. The minimum Gasteiger partial charge on any atom is -0.378 e. The Hall–Kier alpha value is -3.60. The molecule has 2 N–H and O–H groups in total. The molecular formula is C21H23F2N7O2. The van der Waals surface area contributed by atoms with E-state index in [0.29, 0.717) is 49.3 Å². The second-order valence-corrected chi connectivity index (χ2v) is 7.40. The first kappa shape index (κ1) is 21.6. The maximum absolute atomic E-state index is 13.4. The van der Waals surface area contributed by atoms with Gasteiger partial charge in [-0.05, 0) is 24.6 Å². The number of amides is 1. The van der Waals surface area contributed by atoms with Crippen LogP contribution >= 0.6 is 0 Å². The molecule has 0 spiro atoms. The number of halogens is 2. The number of benzene rings is 1. The lowest BCUT2D eigenvalue weighted by Gasteiger charge is -2.26. The van der Waals surface area contributed by atoms with Gasteiger partial charge in [-0.25, -0.2) is 13.8 Å². The molecule has 3 aromatic rings. The Labute approximate surface area is 183 Å². The van der Waals surface area contributed by atoms with Crippen LogP contribution in [0.5, 0.6) is 0 Å². The largest absolute Gasteiger partial charge is 0.378 e. The quantitative estimate of drug-likeness (QED) is 0.579. The summed E-state index contributed by atoms with van der Waals surface area (Å²) in [5.41, 5.74) is 1.86. The summed E-state index contributed by atoms with van der Waals surface area (Å²) in [6, 6.07) is 3.35. The average molecular weight is 443 g/mol. The van der Waals surface area contributed by atoms with Gasteiger partial charge in [0.05, 0.1) is 25.1 Å². The van der Waals surface area contributed by atoms with E-state index < -0.39 is 11.6 Å². The molecule has 32 heavy (non-hydrogen) atoms. The summed E-state index contributed by atoms with van der Waals surface area (Å²) in [5, 5.41) is 10.3. The van der Waals surface area contributed by atoms with Crippen LogP contribution in [0.15, 0.2) is 36.8 Å². The van der Waals surface area contributed by atoms with Crippen molar-refractivity contribution in [2.45, 2.75) is 20.0 Å². The SMILES string of the molecule is Cc1cnc(Nc2cnn(CC(=O)N3CCOCC3)c2)nc1NCc1cc(F)cc(F)c1. The highest BCUT2D eigenvalue weighted by atomic mass is 19.1. The fourth-order valence-corrected chi connectivity index (χ4v) is 3.28. The molecule has 0 atom stereocenters. The van der Waals surface area contributed by atoms with Gasteiger partial charge in [-0.1, -0.05) is 0 Å². The van der Waals surface area contributed by atoms with Crippen molar-refractivity contribution in [1.82, 2.24) is 24.6 Å². The summed E-state index contributed by atoms with van der Waals surface area (Å²) < 4.78 is 33.6. The standard InChI is InChI=1S/C21H23F2N7O2/c1-14-9-25-21(28-20(14)24-10-15-6-16(22)8-17(23)7-15)27-18-11-26-30(12-18)13-19(31)29-2-4-32-5-3-29/h6-9,11-12H,2-5,10,13H2,1H3,(H2,24,25,27,28). The van der Waals surface area contributed by atoms with E-state index in [-0.39, 0.29) is 19.0 Å². The van der Waals surface area contributed by atoms with Crippen LogP contribution in [0.2, 0.25) is 0 Å². The van der Waals surface area contributed by atoms with Gasteiger partial charge in [0.2, 0.25) is 11.9 Å². The van der Waals surface area contributed by atoms with Crippen molar-refractivity contribution in [3.05, 3.63) is 59.6 Å². The first-order chi connectivity index (χ1) is 15.5. The van der Waals surface area contributed by atoms with Crippen LogP contribution in [0.1, 0.15) is 11.1 Å². The van der Waals surface area contributed by atoms with Gasteiger partial charge in [-0.15, -0.1) is 0 Å². The van der Waals surface area contributed by atoms with Gasteiger partial charge in [0.1, 0.15) is 24.0 Å². The summed E-state index contributed by atoms with van der Waals surface area (Å²) in [4.78, 5) is 22.8. The smallest absolute Gasteiger partial charge is 0.244 e. The van der Waals surface area contributed by atoms with Crippen molar-refractivity contribution in [2.24, 2.45) is 0 Å². The number of morpholine rings is 1. The zero-order valence-electron chi connectivity index (χ0n) is 17.5. The second kappa shape index (κ2) is 9.69. The van der Waals surface area contributed by atoms with E-state index in [2.05, 4.69) is 25.7 Å². The normalized spacial score (nSPS) is 13.8. The van der Waals surface area contributed by atoms with E-state index in [1.807, 2.05) is 6.92 Å². The average Bonchev–Trinajstić information content (AvgIpc) is 3.20. The monoisotopic (exact) mass is 443 g/mol. The molecule has 0 saturated carbocycles. The Bertz CT molecular complexity index is 1080. The summed E-state index contributed by atoms with van der Waals surface area (Å²) >= 11 is 0. The Morgan fingerprint density at radius 1 is 1.16 bits per heavy atom. The van der Waals surface area contributed by atoms with E-state index in [0.717, 1.165) is 11.6 Å². The minimum atomic E-state index is -0.632. The number of aryl methyl sites for hydroxylation is 1. The zero-order chi connectivity index (χ0) is 22.5. The van der Waals surface area contributed by atoms with Gasteiger partial charge >= 0.3 is 0 Å². The first-order valence-corrected chi connectivity index (χ1v) is 10.1. The highest BCUT2D eigenvalue weighted by molar-refractivity contribution is 5.76. The lowest BCUT2D eigenvalue weighted by Crippen LogP contribution is -2.42. The lowest BCUT2D eigenvalue weighted by molar-refractivity contribution is -0.136. The molecule has 0 radical (unpaired) electrons. The number of rotatable bonds is 7. The fraction of sp³-hybridized carbons (Fsp3) is 0.333. The molecule has 3 heterocycles. The number of nitrogens with one attached hydrogen (secondary N) is 2. The van der Waals surface area contributed by atoms with Crippen LogP contribution in [0.3, 0.4) is 0 Å². The van der Waals surface area contributed by atoms with Gasteiger partial charge in [0.25, 0.3) is 0 Å². The summed E-state index contributed by atoms with van der Waals surface area (Å²) in [5.74, 6) is -0.431. The van der Waals surface area contributed by atoms with Crippen LogP contribution in [0.25, 0.3) is 0 Å². The highest BCUT2D eigenvalue weighted by Gasteiger charge is 2.17. The Balaban J connectivity index is 1.38. The van der Waals surface area contributed by atoms with Crippen LogP contribution in [-0.4, -0.2) is 56.9 Å². The fourth-order valence-electron chi connectivity index (χ4n) is 3.28. The molecule has 0 bridgehead atoms. The molecule has 4 rings (SSSR count). The third kappa shape index (κ3) is 5.55. The van der Waals surface area contributed by atoms with E-state index in [9.17, 15) is 13.6 Å². The molecule has 1 aromatic carbocycles. The molecule has 168 valence electrons. The number of nitrogens with zero attached hydrogens (tertiary/aromatic N) is 5. The molecule has 0 unspecified atom stereocenters. The van der Waals surface area contributed by atoms with Crippen molar-refractivity contribution in [3.8, 4) is 0 Å². The third-order valence-electron chi connectivity index (χ3n) is 4.90. The molecular weight excluding hydrogens is 420 g/mol. The van der Waals surface area contributed by atoms with Gasteiger partial charge in [0, 0.05) is 43.7 Å². The van der Waals surface area contributed by atoms with E-state index in [1.54, 1.807) is 28.2 Å². The molecule has 2 aromatic heterocycles. The van der Waals surface area contributed by atoms with Gasteiger partial charge in [-0.2, -0.15) is 10.1 Å². The van der Waals surface area contributed by atoms with E-state index >= 15 is 0 Å². The lowest BCUT2D eigenvalue weighted by atomic mass is 10.2. The molecule has 11 heteroatoms. The maximum Gasteiger partial charge on any atom is 0.244 e. The molecule has 1 fully saturated rings. The molecule has 0 aliphatic carbocycles. The van der Waals surface area contributed by atoms with Crippen molar-refractivity contribution in [2.75, 3.05) is 36.9 Å². The third-order valence-corrected chi connectivity index (χ3v) is 4.90. The number of hydrogen-bond donors (Lipinski definition) is 2. The number of ether oxygens (including phenoxy) is 1.